The molecule has 26 heavy (non-hydrogen) atoms. The number of nitrogen functional groups attached to an aromatic ring is 1. The van der Waals surface area contributed by atoms with Crippen molar-refractivity contribution in [3.8, 4) is 0 Å². The maximum absolute atomic E-state index is 12.0. The smallest absolute Gasteiger partial charge is 0.359 e. The Balaban J connectivity index is 1.94. The molecular weight excluding hydrogens is 447 g/mol. The van der Waals surface area contributed by atoms with Crippen molar-refractivity contribution in [3.63, 3.8) is 0 Å². The van der Waals surface area contributed by atoms with Crippen LogP contribution in [0.1, 0.15) is 16.1 Å². The second-order valence-corrected chi connectivity index (χ2v) is 6.84. The number of esters is 1. The number of nitrogens with two attached hydrogens (primary N) is 1. The zero-order valence-corrected chi connectivity index (χ0v) is 16.6. The SMILES string of the molecule is Nc1c(Cl)c(Cl)nc(C(=O)OCC(=O)NCc2ccc(Cl)cc2Cl)c1Cl. The number of anilines is 1. The number of rotatable bonds is 5. The number of halogens is 5. The lowest BCUT2D eigenvalue weighted by atomic mass is 10.2. The number of carbonyl (C=O) groups excluding carboxylic acids is 2. The Hall–Kier alpha value is -1.44. The summed E-state index contributed by atoms with van der Waals surface area (Å²) in [6.07, 6.45) is 0. The topological polar surface area (TPSA) is 94.3 Å². The van der Waals surface area contributed by atoms with E-state index in [1.807, 2.05) is 0 Å². The summed E-state index contributed by atoms with van der Waals surface area (Å²) < 4.78 is 4.85. The van der Waals surface area contributed by atoms with E-state index in [2.05, 4.69) is 10.3 Å². The molecule has 0 aliphatic heterocycles. The van der Waals surface area contributed by atoms with Crippen LogP contribution in [-0.4, -0.2) is 23.5 Å². The molecule has 2 aromatic rings. The van der Waals surface area contributed by atoms with Crippen LogP contribution in [0, 0.1) is 0 Å². The normalized spacial score (nSPS) is 10.5. The lowest BCUT2D eigenvalue weighted by Gasteiger charge is -2.10. The maximum atomic E-state index is 12.0. The molecule has 0 atom stereocenters. The first-order chi connectivity index (χ1) is 12.2. The highest BCUT2D eigenvalue weighted by Gasteiger charge is 2.21. The predicted molar refractivity (Wildman–Crippen MR) is 102 cm³/mol. The molecular formula is C15H10Cl5N3O3. The van der Waals surface area contributed by atoms with Gasteiger partial charge in [-0.2, -0.15) is 0 Å². The fraction of sp³-hybridized carbons (Fsp3) is 0.133. The molecule has 0 saturated heterocycles. The molecule has 0 spiro atoms. The van der Waals surface area contributed by atoms with Crippen LogP contribution in [0.25, 0.3) is 0 Å². The molecule has 0 aliphatic carbocycles. The molecule has 0 unspecified atom stereocenters. The summed E-state index contributed by atoms with van der Waals surface area (Å²) >= 11 is 29.2. The van der Waals surface area contributed by atoms with E-state index < -0.39 is 18.5 Å². The summed E-state index contributed by atoms with van der Waals surface area (Å²) in [5, 5.41) is 2.93. The number of carbonyl (C=O) groups is 2. The van der Waals surface area contributed by atoms with Crippen molar-refractivity contribution in [1.29, 1.82) is 0 Å². The Kier molecular flexibility index (Phi) is 7.20. The van der Waals surface area contributed by atoms with Crippen molar-refractivity contribution in [2.24, 2.45) is 0 Å². The summed E-state index contributed by atoms with van der Waals surface area (Å²) in [6.45, 7) is -0.437. The summed E-state index contributed by atoms with van der Waals surface area (Å²) in [5.41, 5.74) is 5.82. The highest BCUT2D eigenvalue weighted by atomic mass is 35.5. The summed E-state index contributed by atoms with van der Waals surface area (Å²) in [7, 11) is 0. The molecule has 0 bridgehead atoms. The zero-order valence-electron chi connectivity index (χ0n) is 12.8. The van der Waals surface area contributed by atoms with Gasteiger partial charge in [0.1, 0.15) is 5.02 Å². The summed E-state index contributed by atoms with van der Waals surface area (Å²) in [6, 6.07) is 4.85. The van der Waals surface area contributed by atoms with Gasteiger partial charge < -0.3 is 15.8 Å². The van der Waals surface area contributed by atoms with Crippen LogP contribution in [0.3, 0.4) is 0 Å². The molecule has 1 amide bonds. The molecule has 138 valence electrons. The van der Waals surface area contributed by atoms with Crippen LogP contribution in [-0.2, 0) is 16.1 Å². The third kappa shape index (κ3) is 5.05. The van der Waals surface area contributed by atoms with Gasteiger partial charge in [-0.15, -0.1) is 0 Å². The van der Waals surface area contributed by atoms with Gasteiger partial charge in [-0.05, 0) is 17.7 Å². The standard InChI is InChI=1S/C15H10Cl5N3O3/c16-7-2-1-6(8(17)3-7)4-22-9(24)5-26-15(25)13-10(18)12(21)11(19)14(20)23-13/h1-3H,4-5H2,(H2,21,23)(H,22,24). The number of nitrogens with zero attached hydrogens (tertiary/aromatic N) is 1. The van der Waals surface area contributed by atoms with E-state index >= 15 is 0 Å². The van der Waals surface area contributed by atoms with Crippen LogP contribution in [0.15, 0.2) is 18.2 Å². The van der Waals surface area contributed by atoms with E-state index in [0.29, 0.717) is 15.6 Å². The van der Waals surface area contributed by atoms with Crippen LogP contribution >= 0.6 is 58.0 Å². The van der Waals surface area contributed by atoms with E-state index in [9.17, 15) is 9.59 Å². The van der Waals surface area contributed by atoms with Crippen molar-refractivity contribution in [2.45, 2.75) is 6.54 Å². The monoisotopic (exact) mass is 455 g/mol. The van der Waals surface area contributed by atoms with E-state index in [0.717, 1.165) is 0 Å². The van der Waals surface area contributed by atoms with Crippen LogP contribution in [0.5, 0.6) is 0 Å². The first kappa shape index (κ1) is 20.9. The Morgan fingerprint density at radius 2 is 1.81 bits per heavy atom. The van der Waals surface area contributed by atoms with Gasteiger partial charge in [-0.1, -0.05) is 64.1 Å². The van der Waals surface area contributed by atoms with Gasteiger partial charge in [0.15, 0.2) is 17.5 Å². The van der Waals surface area contributed by atoms with Crippen molar-refractivity contribution >= 4 is 75.6 Å². The zero-order chi connectivity index (χ0) is 19.4. The van der Waals surface area contributed by atoms with Crippen molar-refractivity contribution in [3.05, 3.63) is 54.7 Å². The molecule has 2 rings (SSSR count). The minimum Gasteiger partial charge on any atom is -0.451 e. The first-order valence-electron chi connectivity index (χ1n) is 6.88. The Bertz CT molecular complexity index is 876. The molecule has 0 aliphatic rings. The lowest BCUT2D eigenvalue weighted by molar-refractivity contribution is -0.124. The van der Waals surface area contributed by atoms with E-state index in [1.54, 1.807) is 18.2 Å². The van der Waals surface area contributed by atoms with E-state index in [1.165, 1.54) is 0 Å². The van der Waals surface area contributed by atoms with Crippen molar-refractivity contribution in [1.82, 2.24) is 10.3 Å². The average Bonchev–Trinajstić information content (AvgIpc) is 2.60. The van der Waals surface area contributed by atoms with Gasteiger partial charge in [-0.3, -0.25) is 4.79 Å². The van der Waals surface area contributed by atoms with Crippen LogP contribution in [0.2, 0.25) is 25.2 Å². The Labute approximate surface area is 173 Å². The Morgan fingerprint density at radius 1 is 1.12 bits per heavy atom. The quantitative estimate of drug-likeness (QED) is 0.513. The predicted octanol–water partition coefficient (Wildman–Crippen LogP) is 4.40. The minimum absolute atomic E-state index is 0.0780. The molecule has 0 fully saturated rings. The molecule has 1 aromatic carbocycles. The number of hydrogen-bond donors (Lipinski definition) is 2. The number of hydrogen-bond acceptors (Lipinski definition) is 5. The third-order valence-corrected chi connectivity index (χ3v) is 4.81. The molecule has 3 N–H and O–H groups in total. The number of benzene rings is 1. The largest absolute Gasteiger partial charge is 0.451 e. The molecule has 0 saturated carbocycles. The lowest BCUT2D eigenvalue weighted by Crippen LogP contribution is -2.28. The van der Waals surface area contributed by atoms with Gasteiger partial charge in [-0.25, -0.2) is 9.78 Å². The minimum atomic E-state index is -0.972. The van der Waals surface area contributed by atoms with Gasteiger partial charge in [0.05, 0.1) is 10.7 Å². The Morgan fingerprint density at radius 3 is 2.46 bits per heavy atom. The average molecular weight is 458 g/mol. The highest BCUT2D eigenvalue weighted by molar-refractivity contribution is 6.46. The number of aromatic nitrogens is 1. The number of amides is 1. The molecule has 6 nitrogen and oxygen atoms in total. The van der Waals surface area contributed by atoms with Gasteiger partial charge in [0.25, 0.3) is 5.91 Å². The van der Waals surface area contributed by atoms with Crippen LogP contribution < -0.4 is 11.1 Å². The summed E-state index contributed by atoms with van der Waals surface area (Å²) in [4.78, 5) is 27.5. The van der Waals surface area contributed by atoms with E-state index in [4.69, 9.17) is 68.5 Å². The molecule has 1 heterocycles. The molecule has 0 radical (unpaired) electrons. The summed E-state index contributed by atoms with van der Waals surface area (Å²) in [5.74, 6) is -1.53. The number of nitrogens with one attached hydrogen (secondary N) is 1. The first-order valence-corrected chi connectivity index (χ1v) is 8.77. The second-order valence-electron chi connectivity index (χ2n) is 4.88. The number of pyridine rings is 1. The number of ether oxygens (including phenoxy) is 1. The van der Waals surface area contributed by atoms with E-state index in [-0.39, 0.29) is 33.1 Å². The molecule has 1 aromatic heterocycles. The maximum Gasteiger partial charge on any atom is 0.359 e. The second kappa shape index (κ2) is 8.97. The van der Waals surface area contributed by atoms with Gasteiger partial charge >= 0.3 is 5.97 Å². The fourth-order valence-corrected chi connectivity index (χ4v) is 2.84. The fourth-order valence-electron chi connectivity index (χ4n) is 1.78. The van der Waals surface area contributed by atoms with Crippen LogP contribution in [0.4, 0.5) is 5.69 Å². The molecule has 11 heteroatoms. The highest BCUT2D eigenvalue weighted by Crippen LogP contribution is 2.34. The van der Waals surface area contributed by atoms with Crippen molar-refractivity contribution in [2.75, 3.05) is 12.3 Å². The van der Waals surface area contributed by atoms with Gasteiger partial charge in [0.2, 0.25) is 0 Å². The third-order valence-electron chi connectivity index (χ3n) is 3.09. The van der Waals surface area contributed by atoms with Crippen molar-refractivity contribution < 1.29 is 14.3 Å². The van der Waals surface area contributed by atoms with Gasteiger partial charge in [0, 0.05) is 16.6 Å².